The van der Waals surface area contributed by atoms with Crippen LogP contribution in [0.1, 0.15) is 17.3 Å². The third-order valence-electron chi connectivity index (χ3n) is 2.45. The molecule has 0 aliphatic rings. The lowest BCUT2D eigenvalue weighted by molar-refractivity contribution is 0.102. The summed E-state index contributed by atoms with van der Waals surface area (Å²) >= 11 is 3.34. The smallest absolute Gasteiger partial charge is 0.259 e. The number of aromatic nitrogens is 2. The first-order valence-electron chi connectivity index (χ1n) is 5.81. The van der Waals surface area contributed by atoms with E-state index in [9.17, 15) is 4.79 Å². The van der Waals surface area contributed by atoms with E-state index in [4.69, 9.17) is 0 Å². The van der Waals surface area contributed by atoms with Crippen LogP contribution in [0, 0.1) is 0 Å². The lowest BCUT2D eigenvalue weighted by Crippen LogP contribution is -2.15. The highest BCUT2D eigenvalue weighted by atomic mass is 79.9. The van der Waals surface area contributed by atoms with Gasteiger partial charge in [0.2, 0.25) is 0 Å². The Labute approximate surface area is 119 Å². The summed E-state index contributed by atoms with van der Waals surface area (Å²) in [7, 11) is 0. The monoisotopic (exact) mass is 320 g/mol. The maximum atomic E-state index is 12.2. The molecule has 1 amide bonds. The predicted molar refractivity (Wildman–Crippen MR) is 78.3 cm³/mol. The van der Waals surface area contributed by atoms with Crippen LogP contribution in [-0.4, -0.2) is 22.4 Å². The second kappa shape index (κ2) is 6.29. The molecule has 0 saturated carbocycles. The Kier molecular flexibility index (Phi) is 4.46. The highest BCUT2D eigenvalue weighted by molar-refractivity contribution is 9.10. The number of carbonyl (C=O) groups is 1. The molecule has 0 bridgehead atoms. The Morgan fingerprint density at radius 3 is 2.58 bits per heavy atom. The van der Waals surface area contributed by atoms with Crippen LogP contribution in [0.15, 0.2) is 41.4 Å². The summed E-state index contributed by atoms with van der Waals surface area (Å²) in [6, 6.07) is 3.51. The van der Waals surface area contributed by atoms with Gasteiger partial charge in [-0.3, -0.25) is 14.8 Å². The number of halogens is 1. The fourth-order valence-electron chi connectivity index (χ4n) is 1.59. The average Bonchev–Trinajstić information content (AvgIpc) is 2.42. The second-order valence-electron chi connectivity index (χ2n) is 3.76. The fraction of sp³-hybridized carbons (Fsp3) is 0.154. The molecule has 0 atom stereocenters. The Hall–Kier alpha value is -1.95. The Bertz CT molecular complexity index is 588. The molecule has 6 heteroatoms. The number of amides is 1. The van der Waals surface area contributed by atoms with Crippen LogP contribution in [0.25, 0.3) is 0 Å². The number of anilines is 2. The van der Waals surface area contributed by atoms with E-state index in [1.807, 2.05) is 6.92 Å². The summed E-state index contributed by atoms with van der Waals surface area (Å²) in [6.45, 7) is 2.71. The molecule has 2 heterocycles. The normalized spacial score (nSPS) is 10.0. The van der Waals surface area contributed by atoms with E-state index >= 15 is 0 Å². The second-order valence-corrected chi connectivity index (χ2v) is 4.62. The highest BCUT2D eigenvalue weighted by Crippen LogP contribution is 2.22. The summed E-state index contributed by atoms with van der Waals surface area (Å²) in [6.07, 6.45) is 6.44. The lowest BCUT2D eigenvalue weighted by Gasteiger charge is -2.11. The van der Waals surface area contributed by atoms with Crippen LogP contribution in [0.4, 0.5) is 11.4 Å². The molecule has 0 aliphatic heterocycles. The number of nitrogens with zero attached hydrogens (tertiary/aromatic N) is 2. The first kappa shape index (κ1) is 13.5. The van der Waals surface area contributed by atoms with Gasteiger partial charge in [0.1, 0.15) is 0 Å². The van der Waals surface area contributed by atoms with E-state index in [1.165, 1.54) is 0 Å². The molecule has 0 fully saturated rings. The van der Waals surface area contributed by atoms with Crippen molar-refractivity contribution in [3.8, 4) is 0 Å². The predicted octanol–water partition coefficient (Wildman–Crippen LogP) is 2.92. The van der Waals surface area contributed by atoms with E-state index in [2.05, 4.69) is 36.5 Å². The summed E-state index contributed by atoms with van der Waals surface area (Å²) in [4.78, 5) is 20.2. The Morgan fingerprint density at radius 1 is 1.21 bits per heavy atom. The van der Waals surface area contributed by atoms with Crippen LogP contribution in [0.5, 0.6) is 0 Å². The van der Waals surface area contributed by atoms with Crippen LogP contribution in [0.3, 0.4) is 0 Å². The molecular weight excluding hydrogens is 308 g/mol. The number of carbonyl (C=O) groups excluding carboxylic acids is 1. The molecule has 0 spiro atoms. The zero-order valence-electron chi connectivity index (χ0n) is 10.4. The van der Waals surface area contributed by atoms with Gasteiger partial charge in [0.15, 0.2) is 0 Å². The van der Waals surface area contributed by atoms with Gasteiger partial charge in [0.05, 0.1) is 21.4 Å². The minimum atomic E-state index is -0.212. The molecule has 2 aromatic rings. The van der Waals surface area contributed by atoms with E-state index < -0.39 is 0 Å². The topological polar surface area (TPSA) is 66.9 Å². The van der Waals surface area contributed by atoms with Crippen molar-refractivity contribution in [1.29, 1.82) is 0 Å². The SMILES string of the molecule is CCNc1ccncc1C(=O)Nc1ccncc1Br. The highest BCUT2D eigenvalue weighted by Gasteiger charge is 2.12. The van der Waals surface area contributed by atoms with Crippen molar-refractivity contribution < 1.29 is 4.79 Å². The van der Waals surface area contributed by atoms with Crippen LogP contribution < -0.4 is 10.6 Å². The summed E-state index contributed by atoms with van der Waals surface area (Å²) in [5.41, 5.74) is 1.94. The van der Waals surface area contributed by atoms with Crippen LogP contribution in [0.2, 0.25) is 0 Å². The maximum Gasteiger partial charge on any atom is 0.259 e. The van der Waals surface area contributed by atoms with Crippen molar-refractivity contribution in [2.24, 2.45) is 0 Å². The third kappa shape index (κ3) is 3.29. The van der Waals surface area contributed by atoms with Crippen LogP contribution >= 0.6 is 15.9 Å². The maximum absolute atomic E-state index is 12.2. The van der Waals surface area contributed by atoms with Gasteiger partial charge < -0.3 is 10.6 Å². The first-order valence-corrected chi connectivity index (χ1v) is 6.60. The van der Waals surface area contributed by atoms with Gasteiger partial charge in [-0.15, -0.1) is 0 Å². The molecule has 0 aliphatic carbocycles. The van der Waals surface area contributed by atoms with Crippen molar-refractivity contribution in [3.63, 3.8) is 0 Å². The molecule has 98 valence electrons. The van der Waals surface area contributed by atoms with Crippen LogP contribution in [-0.2, 0) is 0 Å². The van der Waals surface area contributed by atoms with Gasteiger partial charge in [0, 0.05) is 31.3 Å². The molecule has 0 unspecified atom stereocenters. The first-order chi connectivity index (χ1) is 9.22. The van der Waals surface area contributed by atoms with E-state index in [-0.39, 0.29) is 5.91 Å². The molecule has 0 saturated heterocycles. The zero-order chi connectivity index (χ0) is 13.7. The summed E-state index contributed by atoms with van der Waals surface area (Å²) in [5.74, 6) is -0.212. The van der Waals surface area contributed by atoms with Crippen molar-refractivity contribution >= 4 is 33.2 Å². The van der Waals surface area contributed by atoms with E-state index in [1.54, 1.807) is 36.9 Å². The third-order valence-corrected chi connectivity index (χ3v) is 3.09. The van der Waals surface area contributed by atoms with Gasteiger partial charge >= 0.3 is 0 Å². The number of hydrogen-bond acceptors (Lipinski definition) is 4. The summed E-state index contributed by atoms with van der Waals surface area (Å²) < 4.78 is 0.734. The Balaban J connectivity index is 2.23. The van der Waals surface area contributed by atoms with Gasteiger partial charge in [-0.2, -0.15) is 0 Å². The number of hydrogen-bond donors (Lipinski definition) is 2. The van der Waals surface area contributed by atoms with Crippen molar-refractivity contribution in [3.05, 3.63) is 47.0 Å². The molecule has 5 nitrogen and oxygen atoms in total. The average molecular weight is 321 g/mol. The summed E-state index contributed by atoms with van der Waals surface area (Å²) in [5, 5.41) is 5.95. The molecule has 2 aromatic heterocycles. The molecule has 19 heavy (non-hydrogen) atoms. The minimum Gasteiger partial charge on any atom is -0.385 e. The van der Waals surface area contributed by atoms with E-state index in [0.29, 0.717) is 11.3 Å². The lowest BCUT2D eigenvalue weighted by atomic mass is 10.2. The van der Waals surface area contributed by atoms with Crippen molar-refractivity contribution in [1.82, 2.24) is 9.97 Å². The number of rotatable bonds is 4. The standard InChI is InChI=1S/C13H13BrN4O/c1-2-17-11-3-5-15-7-9(11)13(19)18-12-4-6-16-8-10(12)14/h3-8H,2H2,1H3,(H,15,17)(H,16,18,19). The van der Waals surface area contributed by atoms with Crippen molar-refractivity contribution in [2.75, 3.05) is 17.2 Å². The molecule has 0 radical (unpaired) electrons. The molecule has 2 N–H and O–H groups in total. The quantitative estimate of drug-likeness (QED) is 0.909. The molecule has 2 rings (SSSR count). The van der Waals surface area contributed by atoms with E-state index in [0.717, 1.165) is 16.7 Å². The Morgan fingerprint density at radius 2 is 1.89 bits per heavy atom. The number of nitrogens with one attached hydrogen (secondary N) is 2. The van der Waals surface area contributed by atoms with Gasteiger partial charge in [0.25, 0.3) is 5.91 Å². The van der Waals surface area contributed by atoms with Gasteiger partial charge in [-0.1, -0.05) is 0 Å². The zero-order valence-corrected chi connectivity index (χ0v) is 11.9. The van der Waals surface area contributed by atoms with Crippen molar-refractivity contribution in [2.45, 2.75) is 6.92 Å². The fourth-order valence-corrected chi connectivity index (χ4v) is 1.94. The number of pyridine rings is 2. The minimum absolute atomic E-state index is 0.212. The van der Waals surface area contributed by atoms with Gasteiger partial charge in [-0.05, 0) is 35.0 Å². The largest absolute Gasteiger partial charge is 0.385 e. The molecule has 0 aromatic carbocycles. The van der Waals surface area contributed by atoms with Gasteiger partial charge in [-0.25, -0.2) is 0 Å². The molecular formula is C13H13BrN4O.